The van der Waals surface area contributed by atoms with Crippen LogP contribution < -0.4 is 10.6 Å². The average Bonchev–Trinajstić information content (AvgIpc) is 2.49. The van der Waals surface area contributed by atoms with Crippen LogP contribution in [0.2, 0.25) is 0 Å². The zero-order chi connectivity index (χ0) is 13.1. The molecule has 0 unspecified atom stereocenters. The molecule has 3 rings (SSSR count). The van der Waals surface area contributed by atoms with Gasteiger partial charge in [0.2, 0.25) is 0 Å². The zero-order valence-corrected chi connectivity index (χ0v) is 11.5. The third kappa shape index (κ3) is 2.97. The van der Waals surface area contributed by atoms with Gasteiger partial charge in [-0.2, -0.15) is 0 Å². The molecule has 2 N–H and O–H groups in total. The smallest absolute Gasteiger partial charge is 0.147 e. The highest BCUT2D eigenvalue weighted by molar-refractivity contribution is 5.39. The minimum Gasteiger partial charge on any atom is -0.382 e. The number of hydrogen-bond donors (Lipinski definition) is 1. The lowest BCUT2D eigenvalue weighted by atomic mass is 10.00. The lowest BCUT2D eigenvalue weighted by Gasteiger charge is -2.40. The Morgan fingerprint density at radius 3 is 2.32 bits per heavy atom. The van der Waals surface area contributed by atoms with Gasteiger partial charge >= 0.3 is 0 Å². The van der Waals surface area contributed by atoms with E-state index in [1.165, 1.54) is 45.2 Å². The largest absolute Gasteiger partial charge is 0.382 e. The SMILES string of the molecule is Nc1cnc(N2CCC(N3CCCCC3)CC2)cn1. The standard InChI is InChI=1S/C14H23N5/c15-13-10-17-14(11-16-13)19-8-4-12(5-9-19)18-6-2-1-3-7-18/h10-12H,1-9H2,(H2,15,16). The summed E-state index contributed by atoms with van der Waals surface area (Å²) in [6.45, 7) is 4.76. The molecule has 0 atom stereocenters. The Balaban J connectivity index is 1.55. The van der Waals surface area contributed by atoms with E-state index in [1.54, 1.807) is 12.4 Å². The van der Waals surface area contributed by atoms with E-state index in [0.717, 1.165) is 24.9 Å². The van der Waals surface area contributed by atoms with Crippen molar-refractivity contribution in [2.75, 3.05) is 36.8 Å². The first kappa shape index (κ1) is 12.7. The van der Waals surface area contributed by atoms with Gasteiger partial charge in [-0.3, -0.25) is 0 Å². The monoisotopic (exact) mass is 261 g/mol. The van der Waals surface area contributed by atoms with Gasteiger partial charge in [0.1, 0.15) is 11.6 Å². The summed E-state index contributed by atoms with van der Waals surface area (Å²) in [5, 5.41) is 0. The zero-order valence-electron chi connectivity index (χ0n) is 11.5. The van der Waals surface area contributed by atoms with Crippen LogP contribution in [0.1, 0.15) is 32.1 Å². The number of hydrogen-bond acceptors (Lipinski definition) is 5. The van der Waals surface area contributed by atoms with Crippen molar-refractivity contribution in [2.45, 2.75) is 38.1 Å². The molecule has 0 radical (unpaired) electrons. The summed E-state index contributed by atoms with van der Waals surface area (Å²) in [4.78, 5) is 13.5. The van der Waals surface area contributed by atoms with Gasteiger partial charge in [-0.1, -0.05) is 6.42 Å². The van der Waals surface area contributed by atoms with Crippen molar-refractivity contribution in [1.82, 2.24) is 14.9 Å². The number of nitrogens with two attached hydrogens (primary N) is 1. The molecule has 104 valence electrons. The molecule has 19 heavy (non-hydrogen) atoms. The van der Waals surface area contributed by atoms with Gasteiger partial charge in [-0.05, 0) is 38.8 Å². The highest BCUT2D eigenvalue weighted by atomic mass is 15.2. The summed E-state index contributed by atoms with van der Waals surface area (Å²) >= 11 is 0. The molecule has 2 aliphatic heterocycles. The molecule has 1 aromatic heterocycles. The summed E-state index contributed by atoms with van der Waals surface area (Å²) in [5.74, 6) is 1.46. The summed E-state index contributed by atoms with van der Waals surface area (Å²) < 4.78 is 0. The van der Waals surface area contributed by atoms with Crippen molar-refractivity contribution in [3.8, 4) is 0 Å². The number of rotatable bonds is 2. The molecule has 0 aromatic carbocycles. The van der Waals surface area contributed by atoms with E-state index in [1.807, 2.05) is 0 Å². The van der Waals surface area contributed by atoms with E-state index in [9.17, 15) is 0 Å². The molecule has 2 saturated heterocycles. The van der Waals surface area contributed by atoms with Gasteiger partial charge < -0.3 is 15.5 Å². The topological polar surface area (TPSA) is 58.3 Å². The number of aromatic nitrogens is 2. The van der Waals surface area contributed by atoms with E-state index >= 15 is 0 Å². The van der Waals surface area contributed by atoms with Crippen LogP contribution >= 0.6 is 0 Å². The molecule has 3 heterocycles. The third-order valence-corrected chi connectivity index (χ3v) is 4.35. The van der Waals surface area contributed by atoms with Crippen LogP contribution in [0.4, 0.5) is 11.6 Å². The molecule has 0 aliphatic carbocycles. The fraction of sp³-hybridized carbons (Fsp3) is 0.714. The highest BCUT2D eigenvalue weighted by Crippen LogP contribution is 2.23. The van der Waals surface area contributed by atoms with Gasteiger partial charge in [0, 0.05) is 19.1 Å². The minimum absolute atomic E-state index is 0.493. The molecule has 5 heteroatoms. The number of nitrogens with zero attached hydrogens (tertiary/aromatic N) is 4. The van der Waals surface area contributed by atoms with Crippen LogP contribution in [-0.4, -0.2) is 47.1 Å². The van der Waals surface area contributed by atoms with E-state index in [-0.39, 0.29) is 0 Å². The second kappa shape index (κ2) is 5.74. The molecule has 5 nitrogen and oxygen atoms in total. The predicted molar refractivity (Wildman–Crippen MR) is 77.1 cm³/mol. The van der Waals surface area contributed by atoms with Crippen LogP contribution in [0.15, 0.2) is 12.4 Å². The normalized spacial score (nSPS) is 22.6. The van der Waals surface area contributed by atoms with Gasteiger partial charge in [-0.25, -0.2) is 9.97 Å². The Morgan fingerprint density at radius 1 is 0.947 bits per heavy atom. The summed E-state index contributed by atoms with van der Waals surface area (Å²) in [5.41, 5.74) is 5.58. The highest BCUT2D eigenvalue weighted by Gasteiger charge is 2.25. The molecule has 0 saturated carbocycles. The van der Waals surface area contributed by atoms with E-state index in [4.69, 9.17) is 5.73 Å². The second-order valence-electron chi connectivity index (χ2n) is 5.61. The molecular formula is C14H23N5. The number of likely N-dealkylation sites (tertiary alicyclic amines) is 1. The van der Waals surface area contributed by atoms with Crippen LogP contribution in [-0.2, 0) is 0 Å². The molecule has 2 aliphatic rings. The van der Waals surface area contributed by atoms with Crippen molar-refractivity contribution in [2.24, 2.45) is 0 Å². The molecule has 2 fully saturated rings. The van der Waals surface area contributed by atoms with E-state index in [0.29, 0.717) is 5.82 Å². The average molecular weight is 261 g/mol. The molecule has 0 spiro atoms. The molecule has 1 aromatic rings. The first-order valence-corrected chi connectivity index (χ1v) is 7.39. The van der Waals surface area contributed by atoms with Crippen molar-refractivity contribution in [3.63, 3.8) is 0 Å². The molecule has 0 amide bonds. The van der Waals surface area contributed by atoms with Crippen LogP contribution in [0, 0.1) is 0 Å². The van der Waals surface area contributed by atoms with Gasteiger partial charge in [0.15, 0.2) is 0 Å². The first-order valence-electron chi connectivity index (χ1n) is 7.39. The maximum absolute atomic E-state index is 5.58. The number of piperidine rings is 2. The van der Waals surface area contributed by atoms with Crippen LogP contribution in [0.25, 0.3) is 0 Å². The maximum Gasteiger partial charge on any atom is 0.147 e. The van der Waals surface area contributed by atoms with Crippen molar-refractivity contribution in [1.29, 1.82) is 0 Å². The quantitative estimate of drug-likeness (QED) is 0.874. The Morgan fingerprint density at radius 2 is 1.68 bits per heavy atom. The lowest BCUT2D eigenvalue weighted by molar-refractivity contribution is 0.141. The van der Waals surface area contributed by atoms with Crippen molar-refractivity contribution in [3.05, 3.63) is 12.4 Å². The van der Waals surface area contributed by atoms with Gasteiger partial charge in [0.25, 0.3) is 0 Å². The van der Waals surface area contributed by atoms with Gasteiger partial charge in [0.05, 0.1) is 12.4 Å². The summed E-state index contributed by atoms with van der Waals surface area (Å²) in [7, 11) is 0. The van der Waals surface area contributed by atoms with Gasteiger partial charge in [-0.15, -0.1) is 0 Å². The lowest BCUT2D eigenvalue weighted by Crippen LogP contribution is -2.46. The van der Waals surface area contributed by atoms with Crippen LogP contribution in [0.3, 0.4) is 0 Å². The van der Waals surface area contributed by atoms with E-state index in [2.05, 4.69) is 19.8 Å². The maximum atomic E-state index is 5.58. The fourth-order valence-corrected chi connectivity index (χ4v) is 3.24. The van der Waals surface area contributed by atoms with Crippen molar-refractivity contribution < 1.29 is 0 Å². The Hall–Kier alpha value is -1.36. The van der Waals surface area contributed by atoms with Crippen LogP contribution in [0.5, 0.6) is 0 Å². The number of anilines is 2. The molecule has 0 bridgehead atoms. The summed E-state index contributed by atoms with van der Waals surface area (Å²) in [6, 6.07) is 0.776. The fourth-order valence-electron chi connectivity index (χ4n) is 3.24. The van der Waals surface area contributed by atoms with E-state index < -0.39 is 0 Å². The second-order valence-corrected chi connectivity index (χ2v) is 5.61. The van der Waals surface area contributed by atoms with Crippen molar-refractivity contribution >= 4 is 11.6 Å². The number of nitrogen functional groups attached to an aromatic ring is 1. The Labute approximate surface area is 114 Å². The predicted octanol–water partition coefficient (Wildman–Crippen LogP) is 1.51. The third-order valence-electron chi connectivity index (χ3n) is 4.35. The summed E-state index contributed by atoms with van der Waals surface area (Å²) in [6.07, 6.45) is 10.1. The Bertz CT molecular complexity index is 391. The minimum atomic E-state index is 0.493. The Kier molecular flexibility index (Phi) is 3.82. The first-order chi connectivity index (χ1) is 9.33. The molecular weight excluding hydrogens is 238 g/mol.